The molecule has 0 radical (unpaired) electrons. The van der Waals surface area contributed by atoms with Crippen LogP contribution in [-0.4, -0.2) is 0 Å². The van der Waals surface area contributed by atoms with Crippen molar-refractivity contribution in [1.29, 1.82) is 0 Å². The molecule has 0 saturated heterocycles. The topological polar surface area (TPSA) is 0 Å². The van der Waals surface area contributed by atoms with Gasteiger partial charge in [0, 0.05) is 0 Å². The second-order valence-corrected chi connectivity index (χ2v) is 4.63. The van der Waals surface area contributed by atoms with Gasteiger partial charge in [-0.2, -0.15) is 0 Å². The Morgan fingerprint density at radius 1 is 0.588 bits per heavy atom. The Morgan fingerprint density at radius 3 is 1.41 bits per heavy atom. The molecule has 0 N–H and O–H groups in total. The molecule has 17 heavy (non-hydrogen) atoms. The highest BCUT2D eigenvalue weighted by atomic mass is 13.9. The third kappa shape index (κ3) is 25.6. The SMILES string of the molecule is C=CCCCCC.C=CCCCCCCCC. The van der Waals surface area contributed by atoms with Crippen LogP contribution < -0.4 is 0 Å². The van der Waals surface area contributed by atoms with Gasteiger partial charge < -0.3 is 0 Å². The molecular weight excluding hydrogens is 204 g/mol. The first-order chi connectivity index (χ1) is 8.33. The van der Waals surface area contributed by atoms with Crippen molar-refractivity contribution in [3.63, 3.8) is 0 Å². The highest BCUT2D eigenvalue weighted by Gasteiger charge is 1.86. The van der Waals surface area contributed by atoms with Crippen LogP contribution in [0.4, 0.5) is 0 Å². The summed E-state index contributed by atoms with van der Waals surface area (Å²) in [4.78, 5) is 0. The minimum Gasteiger partial charge on any atom is -0.103 e. The van der Waals surface area contributed by atoms with Gasteiger partial charge in [-0.3, -0.25) is 0 Å². The summed E-state index contributed by atoms with van der Waals surface area (Å²) in [5.74, 6) is 0. The Balaban J connectivity index is 0. The van der Waals surface area contributed by atoms with Crippen LogP contribution in [0.2, 0.25) is 0 Å². The minimum absolute atomic E-state index is 1.19. The molecule has 0 aromatic rings. The van der Waals surface area contributed by atoms with E-state index in [0.29, 0.717) is 0 Å². The molecule has 0 spiro atoms. The molecule has 0 saturated carbocycles. The molecule has 0 aromatic heterocycles. The molecule has 0 rings (SSSR count). The molecule has 0 bridgehead atoms. The summed E-state index contributed by atoms with van der Waals surface area (Å²) >= 11 is 0. The summed E-state index contributed by atoms with van der Waals surface area (Å²) in [6, 6.07) is 0. The molecule has 102 valence electrons. The zero-order chi connectivity index (χ0) is 13.2. The van der Waals surface area contributed by atoms with Gasteiger partial charge in [-0.15, -0.1) is 13.2 Å². The van der Waals surface area contributed by atoms with Crippen molar-refractivity contribution >= 4 is 0 Å². The van der Waals surface area contributed by atoms with Gasteiger partial charge in [-0.1, -0.05) is 70.9 Å². The molecular formula is C17H34. The van der Waals surface area contributed by atoms with Crippen molar-refractivity contribution in [2.24, 2.45) is 0 Å². The summed E-state index contributed by atoms with van der Waals surface area (Å²) in [6.45, 7) is 11.8. The molecule has 0 aliphatic heterocycles. The Kier molecular flexibility index (Phi) is 23.1. The maximum atomic E-state index is 3.69. The Hall–Kier alpha value is -0.520. The third-order valence-electron chi connectivity index (χ3n) is 2.77. The van der Waals surface area contributed by atoms with E-state index in [1.807, 2.05) is 12.2 Å². The van der Waals surface area contributed by atoms with E-state index >= 15 is 0 Å². The van der Waals surface area contributed by atoms with Crippen molar-refractivity contribution in [2.45, 2.75) is 84.5 Å². The fourth-order valence-corrected chi connectivity index (χ4v) is 1.61. The molecule has 0 aromatic carbocycles. The Labute approximate surface area is 110 Å². The molecule has 0 nitrogen and oxygen atoms in total. The Bertz CT molecular complexity index is 135. The molecule has 0 heteroatoms. The number of allylic oxidation sites excluding steroid dienone is 2. The van der Waals surface area contributed by atoms with E-state index in [-0.39, 0.29) is 0 Å². The molecule has 0 fully saturated rings. The van der Waals surface area contributed by atoms with Crippen molar-refractivity contribution < 1.29 is 0 Å². The number of unbranched alkanes of at least 4 members (excludes halogenated alkanes) is 9. The molecule has 0 amide bonds. The lowest BCUT2D eigenvalue weighted by molar-refractivity contribution is 0.611. The standard InChI is InChI=1S/C10H20.C7H14/c1-3-5-7-9-10-8-6-4-2;1-3-5-7-6-4-2/h3H,1,4-10H2,2H3;3H,1,4-7H2,2H3. The highest BCUT2D eigenvalue weighted by molar-refractivity contribution is 4.65. The molecule has 0 aliphatic carbocycles. The lowest BCUT2D eigenvalue weighted by atomic mass is 10.1. The fraction of sp³-hybridized carbons (Fsp3) is 0.765. The zero-order valence-corrected chi connectivity index (χ0v) is 12.3. The smallest absolute Gasteiger partial charge is 0.0353 e. The van der Waals surface area contributed by atoms with Crippen LogP contribution in [-0.2, 0) is 0 Å². The fourth-order valence-electron chi connectivity index (χ4n) is 1.61. The minimum atomic E-state index is 1.19. The van der Waals surface area contributed by atoms with Gasteiger partial charge in [-0.25, -0.2) is 0 Å². The van der Waals surface area contributed by atoms with E-state index in [0.717, 1.165) is 0 Å². The maximum absolute atomic E-state index is 3.69. The highest BCUT2D eigenvalue weighted by Crippen LogP contribution is 2.06. The lowest BCUT2D eigenvalue weighted by Crippen LogP contribution is -1.76. The number of rotatable bonds is 11. The van der Waals surface area contributed by atoms with Crippen molar-refractivity contribution in [3.05, 3.63) is 25.3 Å². The van der Waals surface area contributed by atoms with Crippen molar-refractivity contribution in [1.82, 2.24) is 0 Å². The van der Waals surface area contributed by atoms with Gasteiger partial charge >= 0.3 is 0 Å². The van der Waals surface area contributed by atoms with E-state index in [2.05, 4.69) is 27.0 Å². The first-order valence-electron chi connectivity index (χ1n) is 7.55. The predicted octanol–water partition coefficient (Wildman–Crippen LogP) is 6.68. The van der Waals surface area contributed by atoms with Gasteiger partial charge in [0.1, 0.15) is 0 Å². The summed E-state index contributed by atoms with van der Waals surface area (Å²) < 4.78 is 0. The van der Waals surface area contributed by atoms with E-state index in [1.165, 1.54) is 70.6 Å². The summed E-state index contributed by atoms with van der Waals surface area (Å²) in [7, 11) is 0. The molecule has 0 aliphatic rings. The van der Waals surface area contributed by atoms with Crippen LogP contribution >= 0.6 is 0 Å². The average molecular weight is 238 g/mol. The first-order valence-corrected chi connectivity index (χ1v) is 7.55. The monoisotopic (exact) mass is 238 g/mol. The van der Waals surface area contributed by atoms with E-state index in [4.69, 9.17) is 0 Å². The second kappa shape index (κ2) is 20.8. The van der Waals surface area contributed by atoms with Gasteiger partial charge in [0.2, 0.25) is 0 Å². The summed E-state index contributed by atoms with van der Waals surface area (Å²) in [5, 5.41) is 0. The van der Waals surface area contributed by atoms with Crippen LogP contribution in [0.5, 0.6) is 0 Å². The van der Waals surface area contributed by atoms with E-state index in [1.54, 1.807) is 0 Å². The lowest BCUT2D eigenvalue weighted by Gasteiger charge is -1.96. The summed E-state index contributed by atoms with van der Waals surface area (Å²) in [5.41, 5.74) is 0. The van der Waals surface area contributed by atoms with Crippen LogP contribution in [0.15, 0.2) is 25.3 Å². The second-order valence-electron chi connectivity index (χ2n) is 4.63. The van der Waals surface area contributed by atoms with Crippen LogP contribution in [0.3, 0.4) is 0 Å². The summed E-state index contributed by atoms with van der Waals surface area (Å²) in [6.07, 6.45) is 18.7. The third-order valence-corrected chi connectivity index (χ3v) is 2.77. The molecule has 0 unspecified atom stereocenters. The van der Waals surface area contributed by atoms with Gasteiger partial charge in [-0.05, 0) is 25.7 Å². The van der Waals surface area contributed by atoms with Crippen LogP contribution in [0.25, 0.3) is 0 Å². The normalized spacial score (nSPS) is 9.29. The van der Waals surface area contributed by atoms with Crippen LogP contribution in [0.1, 0.15) is 84.5 Å². The van der Waals surface area contributed by atoms with Crippen LogP contribution in [0, 0.1) is 0 Å². The predicted molar refractivity (Wildman–Crippen MR) is 82.5 cm³/mol. The van der Waals surface area contributed by atoms with Gasteiger partial charge in [0.15, 0.2) is 0 Å². The number of hydrogen-bond donors (Lipinski definition) is 0. The molecule has 0 heterocycles. The molecule has 0 atom stereocenters. The van der Waals surface area contributed by atoms with Gasteiger partial charge in [0.25, 0.3) is 0 Å². The average Bonchev–Trinajstić information content (AvgIpc) is 2.35. The first kappa shape index (κ1) is 18.8. The zero-order valence-electron chi connectivity index (χ0n) is 12.3. The largest absolute Gasteiger partial charge is 0.103 e. The Morgan fingerprint density at radius 2 is 0.941 bits per heavy atom. The van der Waals surface area contributed by atoms with E-state index < -0.39 is 0 Å². The van der Waals surface area contributed by atoms with Crippen molar-refractivity contribution in [3.8, 4) is 0 Å². The quantitative estimate of drug-likeness (QED) is 0.278. The van der Waals surface area contributed by atoms with E-state index in [9.17, 15) is 0 Å². The maximum Gasteiger partial charge on any atom is -0.0353 e. The van der Waals surface area contributed by atoms with Gasteiger partial charge in [0.05, 0.1) is 0 Å². The number of hydrogen-bond acceptors (Lipinski definition) is 0. The van der Waals surface area contributed by atoms with Crippen molar-refractivity contribution in [2.75, 3.05) is 0 Å².